The van der Waals surface area contributed by atoms with E-state index >= 15 is 0 Å². The lowest BCUT2D eigenvalue weighted by Gasteiger charge is -2.10. The standard InChI is InChI=1S/C16H17FINO/c1-11(19)6-13-7-14(17)9-16(8-13)20-10-12-2-4-15(18)5-3-12/h2-5,7-9,11H,6,10,19H2,1H3. The molecule has 0 aromatic heterocycles. The first-order valence-corrected chi connectivity index (χ1v) is 7.53. The van der Waals surface area contributed by atoms with Gasteiger partial charge in [-0.15, -0.1) is 0 Å². The maximum atomic E-state index is 13.5. The summed E-state index contributed by atoms with van der Waals surface area (Å²) in [5, 5.41) is 0. The average Bonchev–Trinajstić information content (AvgIpc) is 2.36. The normalized spacial score (nSPS) is 12.2. The molecule has 0 aliphatic carbocycles. The Labute approximate surface area is 132 Å². The third kappa shape index (κ3) is 4.76. The largest absolute Gasteiger partial charge is 0.489 e. The zero-order valence-corrected chi connectivity index (χ0v) is 13.4. The van der Waals surface area contributed by atoms with Crippen LogP contribution in [0.1, 0.15) is 18.1 Å². The van der Waals surface area contributed by atoms with E-state index in [2.05, 4.69) is 22.6 Å². The molecule has 106 valence electrons. The van der Waals surface area contributed by atoms with Crippen molar-refractivity contribution in [2.24, 2.45) is 5.73 Å². The SMILES string of the molecule is CC(N)Cc1cc(F)cc(OCc2ccc(I)cc2)c1. The fraction of sp³-hybridized carbons (Fsp3) is 0.250. The summed E-state index contributed by atoms with van der Waals surface area (Å²) >= 11 is 2.25. The minimum atomic E-state index is -0.291. The molecule has 0 heterocycles. The van der Waals surface area contributed by atoms with Crippen LogP contribution < -0.4 is 10.5 Å². The van der Waals surface area contributed by atoms with E-state index in [9.17, 15) is 4.39 Å². The Balaban J connectivity index is 2.05. The van der Waals surface area contributed by atoms with Gasteiger partial charge >= 0.3 is 0 Å². The molecule has 1 unspecified atom stereocenters. The number of ether oxygens (including phenoxy) is 1. The van der Waals surface area contributed by atoms with E-state index in [4.69, 9.17) is 10.5 Å². The third-order valence-corrected chi connectivity index (χ3v) is 3.53. The van der Waals surface area contributed by atoms with Crippen molar-refractivity contribution in [3.05, 3.63) is 63.0 Å². The summed E-state index contributed by atoms with van der Waals surface area (Å²) in [5.41, 5.74) is 7.66. The van der Waals surface area contributed by atoms with Crippen LogP contribution in [0.3, 0.4) is 0 Å². The summed E-state index contributed by atoms with van der Waals surface area (Å²) in [4.78, 5) is 0. The van der Waals surface area contributed by atoms with Gasteiger partial charge in [-0.3, -0.25) is 0 Å². The lowest BCUT2D eigenvalue weighted by molar-refractivity contribution is 0.304. The maximum Gasteiger partial charge on any atom is 0.127 e. The fourth-order valence-corrected chi connectivity index (χ4v) is 2.30. The van der Waals surface area contributed by atoms with E-state index in [1.807, 2.05) is 37.3 Å². The van der Waals surface area contributed by atoms with Crippen molar-refractivity contribution in [2.75, 3.05) is 0 Å². The van der Waals surface area contributed by atoms with E-state index in [0.717, 1.165) is 11.1 Å². The third-order valence-electron chi connectivity index (χ3n) is 2.81. The highest BCUT2D eigenvalue weighted by Crippen LogP contribution is 2.19. The zero-order chi connectivity index (χ0) is 14.5. The van der Waals surface area contributed by atoms with Gasteiger partial charge in [0.1, 0.15) is 18.2 Å². The molecular formula is C16H17FINO. The first kappa shape index (κ1) is 15.3. The number of halogens is 2. The van der Waals surface area contributed by atoms with E-state index in [-0.39, 0.29) is 11.9 Å². The van der Waals surface area contributed by atoms with Gasteiger partial charge in [0.25, 0.3) is 0 Å². The van der Waals surface area contributed by atoms with Gasteiger partial charge in [-0.25, -0.2) is 4.39 Å². The van der Waals surface area contributed by atoms with Crippen LogP contribution in [0.2, 0.25) is 0 Å². The van der Waals surface area contributed by atoms with Gasteiger partial charge in [-0.2, -0.15) is 0 Å². The molecule has 2 nitrogen and oxygen atoms in total. The van der Waals surface area contributed by atoms with Crippen molar-refractivity contribution in [3.8, 4) is 5.75 Å². The number of benzene rings is 2. The summed E-state index contributed by atoms with van der Waals surface area (Å²) in [7, 11) is 0. The molecule has 0 amide bonds. The average molecular weight is 385 g/mol. The predicted octanol–water partition coefficient (Wildman–Crippen LogP) is 3.90. The van der Waals surface area contributed by atoms with Crippen molar-refractivity contribution >= 4 is 22.6 Å². The van der Waals surface area contributed by atoms with E-state index < -0.39 is 0 Å². The van der Waals surface area contributed by atoms with Crippen molar-refractivity contribution in [2.45, 2.75) is 26.0 Å². The summed E-state index contributed by atoms with van der Waals surface area (Å²) in [6.45, 7) is 2.33. The van der Waals surface area contributed by atoms with E-state index in [1.54, 1.807) is 0 Å². The Kier molecular flexibility index (Phi) is 5.37. The second-order valence-corrected chi connectivity index (χ2v) is 6.14. The Hall–Kier alpha value is -1.14. The molecule has 1 atom stereocenters. The Morgan fingerprint density at radius 3 is 2.50 bits per heavy atom. The summed E-state index contributed by atoms with van der Waals surface area (Å²) in [5.74, 6) is 0.250. The molecule has 0 aliphatic rings. The molecule has 0 saturated heterocycles. The van der Waals surface area contributed by atoms with Gasteiger partial charge in [-0.1, -0.05) is 12.1 Å². The molecule has 0 aliphatic heterocycles. The lowest BCUT2D eigenvalue weighted by atomic mass is 10.1. The second kappa shape index (κ2) is 7.04. The number of nitrogens with two attached hydrogens (primary N) is 1. The van der Waals surface area contributed by atoms with Gasteiger partial charge in [0.15, 0.2) is 0 Å². The molecule has 0 bridgehead atoms. The van der Waals surface area contributed by atoms with Crippen LogP contribution in [0.5, 0.6) is 5.75 Å². The van der Waals surface area contributed by atoms with Gasteiger partial charge in [-0.05, 0) is 71.3 Å². The van der Waals surface area contributed by atoms with Crippen LogP contribution >= 0.6 is 22.6 Å². The topological polar surface area (TPSA) is 35.2 Å². The monoisotopic (exact) mass is 385 g/mol. The Morgan fingerprint density at radius 1 is 1.15 bits per heavy atom. The van der Waals surface area contributed by atoms with Gasteiger partial charge < -0.3 is 10.5 Å². The number of rotatable bonds is 5. The number of hydrogen-bond acceptors (Lipinski definition) is 2. The molecule has 2 rings (SSSR count). The molecular weight excluding hydrogens is 368 g/mol. The molecule has 2 aromatic rings. The summed E-state index contributed by atoms with van der Waals surface area (Å²) in [6, 6.07) is 12.8. The molecule has 2 aromatic carbocycles. The van der Waals surface area contributed by atoms with E-state index in [1.165, 1.54) is 15.7 Å². The molecule has 0 spiro atoms. The highest BCUT2D eigenvalue weighted by atomic mass is 127. The minimum absolute atomic E-state index is 0.000786. The molecule has 0 saturated carbocycles. The van der Waals surface area contributed by atoms with Crippen LogP contribution in [-0.2, 0) is 13.0 Å². The lowest BCUT2D eigenvalue weighted by Crippen LogP contribution is -2.17. The minimum Gasteiger partial charge on any atom is -0.489 e. The fourth-order valence-electron chi connectivity index (χ4n) is 1.94. The molecule has 2 N–H and O–H groups in total. The van der Waals surface area contributed by atoms with Gasteiger partial charge in [0.2, 0.25) is 0 Å². The van der Waals surface area contributed by atoms with Crippen molar-refractivity contribution in [1.82, 2.24) is 0 Å². The van der Waals surface area contributed by atoms with Crippen molar-refractivity contribution < 1.29 is 9.13 Å². The van der Waals surface area contributed by atoms with Crippen LogP contribution in [0.25, 0.3) is 0 Å². The maximum absolute atomic E-state index is 13.5. The van der Waals surface area contributed by atoms with E-state index in [0.29, 0.717) is 18.8 Å². The molecule has 20 heavy (non-hydrogen) atoms. The van der Waals surface area contributed by atoms with Crippen molar-refractivity contribution in [3.63, 3.8) is 0 Å². The van der Waals surface area contributed by atoms with Crippen LogP contribution in [0, 0.1) is 9.39 Å². The van der Waals surface area contributed by atoms with Gasteiger partial charge in [0, 0.05) is 15.7 Å². The van der Waals surface area contributed by atoms with Crippen molar-refractivity contribution in [1.29, 1.82) is 0 Å². The summed E-state index contributed by atoms with van der Waals surface area (Å²) in [6.07, 6.45) is 0.637. The first-order valence-electron chi connectivity index (χ1n) is 6.45. The first-order chi connectivity index (χ1) is 9.52. The highest BCUT2D eigenvalue weighted by molar-refractivity contribution is 14.1. The zero-order valence-electron chi connectivity index (χ0n) is 11.3. The quantitative estimate of drug-likeness (QED) is 0.793. The Morgan fingerprint density at radius 2 is 1.85 bits per heavy atom. The van der Waals surface area contributed by atoms with Gasteiger partial charge in [0.05, 0.1) is 0 Å². The second-order valence-electron chi connectivity index (χ2n) is 4.89. The highest BCUT2D eigenvalue weighted by Gasteiger charge is 2.05. The smallest absolute Gasteiger partial charge is 0.127 e. The molecule has 4 heteroatoms. The molecule has 0 radical (unpaired) electrons. The summed E-state index contributed by atoms with van der Waals surface area (Å²) < 4.78 is 20.4. The van der Waals surface area contributed by atoms with Crippen LogP contribution in [0.4, 0.5) is 4.39 Å². The predicted molar refractivity (Wildman–Crippen MR) is 87.2 cm³/mol. The van der Waals surface area contributed by atoms with Crippen LogP contribution in [0.15, 0.2) is 42.5 Å². The van der Waals surface area contributed by atoms with Crippen LogP contribution in [-0.4, -0.2) is 6.04 Å². The number of hydrogen-bond donors (Lipinski definition) is 1. The Bertz CT molecular complexity index is 569. The molecule has 0 fully saturated rings.